The molecular formula is C10H9BF3NO5S. The average molecular weight is 323 g/mol. The molecule has 21 heavy (non-hydrogen) atoms. The van der Waals surface area contributed by atoms with Crippen molar-refractivity contribution in [3.63, 3.8) is 0 Å². The molecule has 0 spiro atoms. The molecule has 0 saturated carbocycles. The molecule has 1 aromatic rings. The van der Waals surface area contributed by atoms with Crippen LogP contribution in [0, 0.1) is 0 Å². The second kappa shape index (κ2) is 5.94. The van der Waals surface area contributed by atoms with E-state index in [2.05, 4.69) is 4.74 Å². The Balaban J connectivity index is 3.03. The van der Waals surface area contributed by atoms with Crippen molar-refractivity contribution >= 4 is 35.1 Å². The maximum absolute atomic E-state index is 12.6. The highest BCUT2D eigenvalue weighted by Gasteiger charge is 2.45. The third-order valence-corrected chi connectivity index (χ3v) is 3.00. The molecule has 0 fully saturated rings. The lowest BCUT2D eigenvalue weighted by atomic mass is 9.94. The number of esters is 1. The summed E-state index contributed by atoms with van der Waals surface area (Å²) in [4.78, 5) is 11.6. The Labute approximate surface area is 119 Å². The molecule has 1 unspecified atom stereocenters. The van der Waals surface area contributed by atoms with Crippen molar-refractivity contribution in [2.45, 2.75) is 12.3 Å². The summed E-state index contributed by atoms with van der Waals surface area (Å²) in [6.45, 7) is 0. The monoisotopic (exact) mass is 323 g/mol. The van der Waals surface area contributed by atoms with Gasteiger partial charge >= 0.3 is 12.1 Å². The summed E-state index contributed by atoms with van der Waals surface area (Å²) in [5, 5.41) is 0. The molecule has 114 valence electrons. The van der Waals surface area contributed by atoms with Crippen LogP contribution in [0.15, 0.2) is 18.2 Å². The second-order valence-corrected chi connectivity index (χ2v) is 5.53. The molecule has 0 amide bonds. The molecule has 0 aliphatic rings. The summed E-state index contributed by atoms with van der Waals surface area (Å²) in [5.74, 6) is -3.32. The van der Waals surface area contributed by atoms with Gasteiger partial charge in [0, 0.05) is 5.69 Å². The Morgan fingerprint density at radius 1 is 1.43 bits per heavy atom. The lowest BCUT2D eigenvalue weighted by Crippen LogP contribution is -2.39. The van der Waals surface area contributed by atoms with Gasteiger partial charge in [-0.05, 0) is 6.07 Å². The van der Waals surface area contributed by atoms with E-state index in [4.69, 9.17) is 18.1 Å². The number of nitrogen functional groups attached to an aromatic ring is 1. The fourth-order valence-electron chi connectivity index (χ4n) is 1.33. The number of hydrogen-bond acceptors (Lipinski definition) is 5. The van der Waals surface area contributed by atoms with Crippen molar-refractivity contribution in [1.82, 2.24) is 0 Å². The topological polar surface area (TPSA) is 107 Å². The number of hydrogen-bond donors (Lipinski definition) is 2. The van der Waals surface area contributed by atoms with Gasteiger partial charge in [-0.15, -0.1) is 0 Å². The van der Waals surface area contributed by atoms with Gasteiger partial charge in [-0.2, -0.15) is 21.6 Å². The van der Waals surface area contributed by atoms with Gasteiger partial charge in [0.25, 0.3) is 10.1 Å². The Morgan fingerprint density at radius 2 is 2.00 bits per heavy atom. The van der Waals surface area contributed by atoms with Gasteiger partial charge in [-0.1, -0.05) is 17.6 Å². The van der Waals surface area contributed by atoms with Gasteiger partial charge in [0.1, 0.15) is 13.6 Å². The largest absolute Gasteiger partial charge is 0.448 e. The summed E-state index contributed by atoms with van der Waals surface area (Å²) in [7, 11) is 0.356. The molecular weight excluding hydrogens is 314 g/mol. The van der Waals surface area contributed by atoms with Gasteiger partial charge in [0.15, 0.2) is 0 Å². The van der Waals surface area contributed by atoms with Crippen LogP contribution in [0.4, 0.5) is 18.9 Å². The highest BCUT2D eigenvalue weighted by Crippen LogP contribution is 2.25. The smallest absolute Gasteiger partial charge is 0.426 e. The van der Waals surface area contributed by atoms with E-state index in [1.165, 1.54) is 12.1 Å². The third-order valence-electron chi connectivity index (χ3n) is 2.27. The minimum atomic E-state index is -5.18. The van der Waals surface area contributed by atoms with E-state index in [1.54, 1.807) is 0 Å². The average Bonchev–Trinajstić information content (AvgIpc) is 2.28. The lowest BCUT2D eigenvalue weighted by molar-refractivity contribution is -0.197. The minimum Gasteiger partial charge on any atom is -0.448 e. The number of carbonyl (C=O) groups excluding carboxylic acids is 1. The van der Waals surface area contributed by atoms with E-state index < -0.39 is 39.7 Å². The van der Waals surface area contributed by atoms with Gasteiger partial charge in [0.2, 0.25) is 6.10 Å². The van der Waals surface area contributed by atoms with E-state index in [-0.39, 0.29) is 11.2 Å². The molecule has 0 aromatic heterocycles. The van der Waals surface area contributed by atoms with Gasteiger partial charge in [-0.3, -0.25) is 4.55 Å². The lowest BCUT2D eigenvalue weighted by Gasteiger charge is -2.19. The molecule has 2 radical (unpaired) electrons. The van der Waals surface area contributed by atoms with E-state index in [9.17, 15) is 26.4 Å². The molecule has 11 heteroatoms. The number of ether oxygens (including phenoxy) is 1. The minimum absolute atomic E-state index is 0.0505. The molecule has 0 heterocycles. The van der Waals surface area contributed by atoms with Crippen LogP contribution < -0.4 is 11.2 Å². The Morgan fingerprint density at radius 3 is 2.48 bits per heavy atom. The highest BCUT2D eigenvalue weighted by molar-refractivity contribution is 7.85. The van der Waals surface area contributed by atoms with Crippen molar-refractivity contribution in [1.29, 1.82) is 0 Å². The molecule has 0 bridgehead atoms. The van der Waals surface area contributed by atoms with Crippen LogP contribution in [0.25, 0.3) is 0 Å². The first-order valence-corrected chi connectivity index (χ1v) is 6.89. The van der Waals surface area contributed by atoms with E-state index in [1.807, 2.05) is 0 Å². The van der Waals surface area contributed by atoms with E-state index in [0.717, 1.165) is 6.07 Å². The quantitative estimate of drug-likeness (QED) is 0.351. The fraction of sp³-hybridized carbons (Fsp3) is 0.300. The van der Waals surface area contributed by atoms with Crippen LogP contribution in [0.1, 0.15) is 10.4 Å². The van der Waals surface area contributed by atoms with Crippen LogP contribution in [-0.4, -0.2) is 44.8 Å². The zero-order valence-corrected chi connectivity index (χ0v) is 11.1. The molecule has 1 rings (SSSR count). The zero-order chi connectivity index (χ0) is 16.4. The molecule has 1 atom stereocenters. The third kappa shape index (κ3) is 5.27. The van der Waals surface area contributed by atoms with Gasteiger partial charge in [-0.25, -0.2) is 4.79 Å². The summed E-state index contributed by atoms with van der Waals surface area (Å²) in [5.41, 5.74) is 4.81. The highest BCUT2D eigenvalue weighted by atomic mass is 32.2. The van der Waals surface area contributed by atoms with Crippen LogP contribution in [0.3, 0.4) is 0 Å². The van der Waals surface area contributed by atoms with Gasteiger partial charge in [0.05, 0.1) is 5.56 Å². The number of benzene rings is 1. The number of carbonyl (C=O) groups is 1. The molecule has 6 nitrogen and oxygen atoms in total. The first-order chi connectivity index (χ1) is 9.40. The summed E-state index contributed by atoms with van der Waals surface area (Å²) in [6.07, 6.45) is -8.21. The van der Waals surface area contributed by atoms with Crippen molar-refractivity contribution in [3.8, 4) is 0 Å². The first kappa shape index (κ1) is 17.3. The maximum Gasteiger partial charge on any atom is 0.426 e. The number of anilines is 1. The Kier molecular flexibility index (Phi) is 4.89. The van der Waals surface area contributed by atoms with Crippen LogP contribution >= 0.6 is 0 Å². The van der Waals surface area contributed by atoms with E-state index >= 15 is 0 Å². The second-order valence-electron chi connectivity index (χ2n) is 4.03. The SMILES string of the molecule is [B]c1ccc(N)c(C(=O)OC(CS(=O)(=O)O)C(F)(F)F)c1. The number of halogens is 3. The molecule has 0 aliphatic carbocycles. The molecule has 3 N–H and O–H groups in total. The van der Waals surface area contributed by atoms with Crippen LogP contribution in [0.5, 0.6) is 0 Å². The number of nitrogens with two attached hydrogens (primary N) is 1. The van der Waals surface area contributed by atoms with Crippen molar-refractivity contribution < 1.29 is 35.7 Å². The summed E-state index contributed by atoms with van der Waals surface area (Å²) >= 11 is 0. The Bertz CT molecular complexity index is 647. The van der Waals surface area contributed by atoms with Crippen LogP contribution in [-0.2, 0) is 14.9 Å². The predicted molar refractivity (Wildman–Crippen MR) is 67.9 cm³/mol. The normalized spacial score (nSPS) is 13.7. The number of rotatable bonds is 4. The molecule has 1 aromatic carbocycles. The summed E-state index contributed by atoms with van der Waals surface area (Å²) < 4.78 is 71.4. The van der Waals surface area contributed by atoms with Crippen molar-refractivity contribution in [3.05, 3.63) is 23.8 Å². The number of alkyl halides is 3. The Hall–Kier alpha value is -1.75. The van der Waals surface area contributed by atoms with Crippen molar-refractivity contribution in [2.24, 2.45) is 0 Å². The van der Waals surface area contributed by atoms with E-state index in [0.29, 0.717) is 0 Å². The standard InChI is InChI=1S/C10H9BF3NO5S/c11-5-1-2-7(15)6(3-5)9(16)20-8(10(12,13)14)4-21(17,18)19/h1-3,8H,4,15H2,(H,17,18,19). The predicted octanol–water partition coefficient (Wildman–Crippen LogP) is 0.0381. The molecule has 0 aliphatic heterocycles. The van der Waals surface area contributed by atoms with Crippen molar-refractivity contribution in [2.75, 3.05) is 11.5 Å². The first-order valence-electron chi connectivity index (χ1n) is 5.28. The molecule has 0 saturated heterocycles. The zero-order valence-electron chi connectivity index (χ0n) is 10.3. The van der Waals surface area contributed by atoms with Crippen LogP contribution in [0.2, 0.25) is 0 Å². The summed E-state index contributed by atoms with van der Waals surface area (Å²) in [6, 6.07) is 3.47. The van der Waals surface area contributed by atoms with Gasteiger partial charge < -0.3 is 10.5 Å². The fourth-order valence-corrected chi connectivity index (χ4v) is 1.97. The maximum atomic E-state index is 12.6.